The Bertz CT molecular complexity index is 518. The summed E-state index contributed by atoms with van der Waals surface area (Å²) in [4.78, 5) is 17.0. The molecule has 0 saturated carbocycles. The third kappa shape index (κ3) is 6.75. The lowest BCUT2D eigenvalue weighted by molar-refractivity contribution is -0.129. The molecule has 0 saturated heterocycles. The number of hydrogen-bond acceptors (Lipinski definition) is 3. The van der Waals surface area contributed by atoms with Gasteiger partial charge >= 0.3 is 0 Å². The molecular formula is C19H29BrN2O2. The molecule has 1 unspecified atom stereocenters. The number of carbonyl (C=O) groups excluding carboxylic acids is 1. The number of benzene rings is 1. The number of nitrogens with zero attached hydrogens (tertiary/aromatic N) is 2. The molecule has 1 aromatic carbocycles. The highest BCUT2D eigenvalue weighted by Crippen LogP contribution is 2.21. The first-order chi connectivity index (χ1) is 11.5. The highest BCUT2D eigenvalue weighted by molar-refractivity contribution is 9.10. The maximum Gasteiger partial charge on any atom is 0.255 e. The first-order valence-corrected chi connectivity index (χ1v) is 9.34. The average Bonchev–Trinajstić information content (AvgIpc) is 2.58. The number of rotatable bonds is 11. The maximum absolute atomic E-state index is 12.9. The monoisotopic (exact) mass is 396 g/mol. The predicted octanol–water partition coefficient (Wildman–Crippen LogP) is 4.11. The summed E-state index contributed by atoms with van der Waals surface area (Å²) in [6, 6.07) is 7.83. The molecule has 0 aliphatic rings. The van der Waals surface area contributed by atoms with Crippen LogP contribution in [0.2, 0.25) is 0 Å². The van der Waals surface area contributed by atoms with Crippen molar-refractivity contribution in [3.05, 3.63) is 41.4 Å². The number of ether oxygens (including phenoxy) is 1. The Morgan fingerprint density at radius 2 is 2.04 bits per heavy atom. The molecule has 0 spiro atoms. The zero-order valence-electron chi connectivity index (χ0n) is 15.0. The van der Waals surface area contributed by atoms with Crippen molar-refractivity contribution >= 4 is 27.5 Å². The summed E-state index contributed by atoms with van der Waals surface area (Å²) in [5.41, 5.74) is 0.890. The zero-order chi connectivity index (χ0) is 17.9. The Kier molecular flexibility index (Phi) is 9.91. The van der Waals surface area contributed by atoms with E-state index in [1.54, 1.807) is 6.08 Å². The minimum absolute atomic E-state index is 0.00989. The molecule has 134 valence electrons. The summed E-state index contributed by atoms with van der Waals surface area (Å²) >= 11 is 3.48. The molecule has 1 aromatic rings. The van der Waals surface area contributed by atoms with Crippen molar-refractivity contribution in [1.29, 1.82) is 0 Å². The van der Waals surface area contributed by atoms with Gasteiger partial charge < -0.3 is 14.5 Å². The lowest BCUT2D eigenvalue weighted by Gasteiger charge is -2.29. The van der Waals surface area contributed by atoms with Crippen molar-refractivity contribution in [2.45, 2.75) is 33.3 Å². The van der Waals surface area contributed by atoms with Crippen LogP contribution in [0.15, 0.2) is 41.4 Å². The maximum atomic E-state index is 12.9. The van der Waals surface area contributed by atoms with Crippen LogP contribution in [0.5, 0.6) is 0 Å². The summed E-state index contributed by atoms with van der Waals surface area (Å²) in [5, 5.41) is 0. The zero-order valence-corrected chi connectivity index (χ0v) is 16.6. The van der Waals surface area contributed by atoms with E-state index in [1.807, 2.05) is 36.1 Å². The molecule has 0 aliphatic carbocycles. The van der Waals surface area contributed by atoms with Gasteiger partial charge in [0.2, 0.25) is 0 Å². The van der Waals surface area contributed by atoms with Gasteiger partial charge in [0.25, 0.3) is 5.91 Å². The van der Waals surface area contributed by atoms with E-state index < -0.39 is 6.10 Å². The number of carbonyl (C=O) groups is 1. The minimum atomic E-state index is -0.472. The third-order valence-corrected chi connectivity index (χ3v) is 4.45. The molecule has 0 radical (unpaired) electrons. The molecule has 1 amide bonds. The van der Waals surface area contributed by atoms with Crippen molar-refractivity contribution in [2.24, 2.45) is 0 Å². The number of anilines is 1. The van der Waals surface area contributed by atoms with E-state index in [-0.39, 0.29) is 5.91 Å². The van der Waals surface area contributed by atoms with Gasteiger partial charge in [-0.3, -0.25) is 4.79 Å². The van der Waals surface area contributed by atoms with Crippen LogP contribution in [-0.4, -0.2) is 49.7 Å². The van der Waals surface area contributed by atoms with Gasteiger partial charge in [0, 0.05) is 23.2 Å². The molecule has 0 aromatic heterocycles. The predicted molar refractivity (Wildman–Crippen MR) is 105 cm³/mol. The van der Waals surface area contributed by atoms with Gasteiger partial charge in [-0.25, -0.2) is 0 Å². The lowest BCUT2D eigenvalue weighted by Crippen LogP contribution is -2.43. The SMILES string of the molecule is C=CCCOC(C)C(=O)N(CCN(CC)CC)c1cccc(Br)c1. The van der Waals surface area contributed by atoms with Crippen molar-refractivity contribution in [2.75, 3.05) is 37.7 Å². The van der Waals surface area contributed by atoms with E-state index >= 15 is 0 Å². The summed E-state index contributed by atoms with van der Waals surface area (Å²) in [7, 11) is 0. The van der Waals surface area contributed by atoms with E-state index in [0.717, 1.165) is 36.2 Å². The van der Waals surface area contributed by atoms with Crippen LogP contribution in [0, 0.1) is 0 Å². The fourth-order valence-electron chi connectivity index (χ4n) is 2.41. The second-order valence-corrected chi connectivity index (χ2v) is 6.50. The van der Waals surface area contributed by atoms with Gasteiger partial charge in [0.1, 0.15) is 6.10 Å². The summed E-state index contributed by atoms with van der Waals surface area (Å²) in [5.74, 6) is -0.00989. The first kappa shape index (κ1) is 20.9. The van der Waals surface area contributed by atoms with Gasteiger partial charge in [-0.05, 0) is 44.6 Å². The lowest BCUT2D eigenvalue weighted by atomic mass is 10.2. The smallest absolute Gasteiger partial charge is 0.255 e. The fraction of sp³-hybridized carbons (Fsp3) is 0.526. The van der Waals surface area contributed by atoms with E-state index in [4.69, 9.17) is 4.74 Å². The standard InChI is InChI=1S/C19H29BrN2O2/c1-5-8-14-24-16(4)19(23)22(13-12-21(6-2)7-3)18-11-9-10-17(20)15-18/h5,9-11,15-16H,1,6-8,12-14H2,2-4H3. The normalized spacial score (nSPS) is 12.2. The second-order valence-electron chi connectivity index (χ2n) is 5.59. The van der Waals surface area contributed by atoms with Gasteiger partial charge in [0.05, 0.1) is 6.61 Å². The average molecular weight is 397 g/mol. The van der Waals surface area contributed by atoms with Crippen molar-refractivity contribution < 1.29 is 9.53 Å². The fourth-order valence-corrected chi connectivity index (χ4v) is 2.80. The van der Waals surface area contributed by atoms with Crippen LogP contribution in [0.3, 0.4) is 0 Å². The molecule has 1 rings (SSSR count). The van der Waals surface area contributed by atoms with E-state index in [1.165, 1.54) is 0 Å². The Morgan fingerprint density at radius 3 is 2.62 bits per heavy atom. The largest absolute Gasteiger partial charge is 0.368 e. The Hall–Kier alpha value is -1.17. The number of hydrogen-bond donors (Lipinski definition) is 0. The molecule has 0 bridgehead atoms. The van der Waals surface area contributed by atoms with Crippen LogP contribution in [0.4, 0.5) is 5.69 Å². The molecule has 1 atom stereocenters. The third-order valence-electron chi connectivity index (χ3n) is 3.96. The van der Waals surface area contributed by atoms with E-state index in [9.17, 15) is 4.79 Å². The van der Waals surface area contributed by atoms with Crippen molar-refractivity contribution in [3.63, 3.8) is 0 Å². The highest BCUT2D eigenvalue weighted by atomic mass is 79.9. The summed E-state index contributed by atoms with van der Waals surface area (Å²) < 4.78 is 6.61. The van der Waals surface area contributed by atoms with Gasteiger partial charge in [0.15, 0.2) is 0 Å². The van der Waals surface area contributed by atoms with Crippen LogP contribution in [0.25, 0.3) is 0 Å². The second kappa shape index (κ2) is 11.4. The van der Waals surface area contributed by atoms with Gasteiger partial charge in [-0.2, -0.15) is 0 Å². The van der Waals surface area contributed by atoms with Crippen LogP contribution in [0.1, 0.15) is 27.2 Å². The molecule has 0 heterocycles. The van der Waals surface area contributed by atoms with Gasteiger partial charge in [-0.1, -0.05) is 41.9 Å². The highest BCUT2D eigenvalue weighted by Gasteiger charge is 2.23. The van der Waals surface area contributed by atoms with Crippen LogP contribution in [-0.2, 0) is 9.53 Å². The molecule has 4 nitrogen and oxygen atoms in total. The van der Waals surface area contributed by atoms with Crippen LogP contribution < -0.4 is 4.90 Å². The van der Waals surface area contributed by atoms with Crippen molar-refractivity contribution in [1.82, 2.24) is 4.90 Å². The number of halogens is 1. The first-order valence-electron chi connectivity index (χ1n) is 8.55. The number of likely N-dealkylation sites (N-methyl/N-ethyl adjacent to an activating group) is 1. The molecular weight excluding hydrogens is 368 g/mol. The summed E-state index contributed by atoms with van der Waals surface area (Å²) in [6.45, 7) is 13.7. The topological polar surface area (TPSA) is 32.8 Å². The molecule has 24 heavy (non-hydrogen) atoms. The van der Waals surface area contributed by atoms with Crippen LogP contribution >= 0.6 is 15.9 Å². The molecule has 0 N–H and O–H groups in total. The molecule has 0 aliphatic heterocycles. The number of amides is 1. The summed E-state index contributed by atoms with van der Waals surface area (Å²) in [6.07, 6.45) is 2.07. The minimum Gasteiger partial charge on any atom is -0.368 e. The van der Waals surface area contributed by atoms with E-state index in [2.05, 4.69) is 41.3 Å². The van der Waals surface area contributed by atoms with Gasteiger partial charge in [-0.15, -0.1) is 6.58 Å². The Labute approximate surface area is 154 Å². The molecule has 5 heteroatoms. The Balaban J connectivity index is 2.87. The van der Waals surface area contributed by atoms with Crippen molar-refractivity contribution in [3.8, 4) is 0 Å². The van der Waals surface area contributed by atoms with E-state index in [0.29, 0.717) is 13.2 Å². The quantitative estimate of drug-likeness (QED) is 0.416. The Morgan fingerprint density at radius 1 is 1.33 bits per heavy atom. The molecule has 0 fully saturated rings.